The molecule has 1 atom stereocenters. The van der Waals surface area contributed by atoms with E-state index in [1.54, 1.807) is 25.6 Å². The maximum atomic E-state index is 12.3. The van der Waals surface area contributed by atoms with Gasteiger partial charge in [0, 0.05) is 74.5 Å². The molecule has 37 heavy (non-hydrogen) atoms. The lowest BCUT2D eigenvalue weighted by Gasteiger charge is -2.39. The summed E-state index contributed by atoms with van der Waals surface area (Å²) in [6, 6.07) is 13.6. The summed E-state index contributed by atoms with van der Waals surface area (Å²) in [7, 11) is 1.63. The Balaban J connectivity index is 0.00000320. The van der Waals surface area contributed by atoms with Gasteiger partial charge in [-0.05, 0) is 23.8 Å². The van der Waals surface area contributed by atoms with Gasteiger partial charge >= 0.3 is 0 Å². The van der Waals surface area contributed by atoms with E-state index in [4.69, 9.17) is 0 Å². The van der Waals surface area contributed by atoms with Gasteiger partial charge in [0.1, 0.15) is 18.0 Å². The third kappa shape index (κ3) is 5.50. The van der Waals surface area contributed by atoms with Gasteiger partial charge in [0.15, 0.2) is 0 Å². The standard InChI is InChI=1S/C27H29N7O2.H2S/c1-17(20-4-3-5-21-22(27(36)28-2)8-9-29-26(20)21)11-30-24-10-23(32-16-33-24)19-6-7-25(31-12-19)34-13-18(14-34)15-35;/h3-10,12,16-18,35H,11,13-15H2,1-2H3,(H,28,36)(H,30,32,33);1H2/t17-;/m1./s1. The van der Waals surface area contributed by atoms with Crippen LogP contribution < -0.4 is 15.5 Å². The number of carbonyl (C=O) groups is 1. The van der Waals surface area contributed by atoms with Crippen LogP contribution in [0.1, 0.15) is 28.8 Å². The molecule has 3 N–H and O–H groups in total. The number of hydrogen-bond donors (Lipinski definition) is 3. The molecule has 0 saturated carbocycles. The Kier molecular flexibility index (Phi) is 8.20. The number of aliphatic hydroxyl groups excluding tert-OH is 1. The normalized spacial score (nSPS) is 14.0. The first-order valence-corrected chi connectivity index (χ1v) is 12.0. The second kappa shape index (κ2) is 11.5. The molecule has 0 spiro atoms. The molecule has 0 unspecified atom stereocenters. The van der Waals surface area contributed by atoms with Crippen molar-refractivity contribution in [3.63, 3.8) is 0 Å². The number of anilines is 2. The lowest BCUT2D eigenvalue weighted by molar-refractivity contribution is 0.0964. The molecule has 1 aliphatic rings. The molecule has 1 aliphatic heterocycles. The fourth-order valence-corrected chi connectivity index (χ4v) is 4.51. The van der Waals surface area contributed by atoms with E-state index in [0.29, 0.717) is 18.0 Å². The second-order valence-corrected chi connectivity index (χ2v) is 9.11. The maximum Gasteiger partial charge on any atom is 0.251 e. The number of hydrogen-bond acceptors (Lipinski definition) is 8. The molecule has 10 heteroatoms. The molecule has 1 amide bonds. The Hall–Kier alpha value is -3.76. The molecule has 9 nitrogen and oxygen atoms in total. The van der Waals surface area contributed by atoms with Gasteiger partial charge in [-0.25, -0.2) is 15.0 Å². The van der Waals surface area contributed by atoms with Gasteiger partial charge in [0.05, 0.1) is 16.8 Å². The quantitative estimate of drug-likeness (QED) is 0.326. The van der Waals surface area contributed by atoms with Crippen molar-refractivity contribution in [3.05, 3.63) is 72.3 Å². The zero-order valence-corrected chi connectivity index (χ0v) is 21.8. The Bertz CT molecular complexity index is 1380. The number of carbonyl (C=O) groups excluding carboxylic acids is 1. The van der Waals surface area contributed by atoms with E-state index < -0.39 is 0 Å². The summed E-state index contributed by atoms with van der Waals surface area (Å²) < 4.78 is 0. The summed E-state index contributed by atoms with van der Waals surface area (Å²) >= 11 is 0. The maximum absolute atomic E-state index is 12.3. The number of rotatable bonds is 8. The predicted octanol–water partition coefficient (Wildman–Crippen LogP) is 3.20. The number of aliphatic hydroxyl groups is 1. The van der Waals surface area contributed by atoms with E-state index in [0.717, 1.165) is 52.4 Å². The van der Waals surface area contributed by atoms with Gasteiger partial charge in [-0.3, -0.25) is 9.78 Å². The number of benzene rings is 1. The summed E-state index contributed by atoms with van der Waals surface area (Å²) in [5.41, 5.74) is 4.21. The molecule has 4 heterocycles. The molecule has 0 radical (unpaired) electrons. The third-order valence-electron chi connectivity index (χ3n) is 6.64. The van der Waals surface area contributed by atoms with E-state index in [2.05, 4.69) is 48.5 Å². The van der Waals surface area contributed by atoms with Crippen LogP contribution in [0.2, 0.25) is 0 Å². The fraction of sp³-hybridized carbons (Fsp3) is 0.296. The van der Waals surface area contributed by atoms with Crippen LogP contribution >= 0.6 is 13.5 Å². The van der Waals surface area contributed by atoms with Crippen LogP contribution in [-0.2, 0) is 0 Å². The summed E-state index contributed by atoms with van der Waals surface area (Å²) in [6.45, 7) is 4.65. The molecule has 1 saturated heterocycles. The molecule has 5 rings (SSSR count). The van der Waals surface area contributed by atoms with Crippen LogP contribution in [0.25, 0.3) is 22.2 Å². The topological polar surface area (TPSA) is 116 Å². The Morgan fingerprint density at radius 2 is 1.97 bits per heavy atom. The van der Waals surface area contributed by atoms with E-state index in [1.165, 1.54) is 0 Å². The highest BCUT2D eigenvalue weighted by atomic mass is 32.1. The van der Waals surface area contributed by atoms with Crippen molar-refractivity contribution in [1.29, 1.82) is 0 Å². The van der Waals surface area contributed by atoms with Crippen molar-refractivity contribution in [2.24, 2.45) is 5.92 Å². The zero-order valence-electron chi connectivity index (χ0n) is 20.8. The minimum Gasteiger partial charge on any atom is -0.396 e. The zero-order chi connectivity index (χ0) is 25.1. The molecular weight excluding hydrogens is 486 g/mol. The van der Waals surface area contributed by atoms with Gasteiger partial charge in [-0.1, -0.05) is 25.1 Å². The van der Waals surface area contributed by atoms with Crippen molar-refractivity contribution in [2.75, 3.05) is 43.5 Å². The SMILES string of the molecule is CNC(=O)c1ccnc2c([C@H](C)CNc3cc(-c4ccc(N5CC(CO)C5)nc4)ncn3)cccc12.S. The van der Waals surface area contributed by atoms with Crippen LogP contribution in [0.15, 0.2) is 61.2 Å². The number of aromatic nitrogens is 4. The molecule has 1 fully saturated rings. The van der Waals surface area contributed by atoms with Crippen molar-refractivity contribution < 1.29 is 9.90 Å². The average molecular weight is 518 g/mol. The first-order chi connectivity index (χ1) is 17.6. The second-order valence-electron chi connectivity index (χ2n) is 9.11. The van der Waals surface area contributed by atoms with E-state index in [-0.39, 0.29) is 31.9 Å². The summed E-state index contributed by atoms with van der Waals surface area (Å²) in [6.07, 6.45) is 5.05. The summed E-state index contributed by atoms with van der Waals surface area (Å²) in [5.74, 6) is 1.98. The first kappa shape index (κ1) is 26.3. The van der Waals surface area contributed by atoms with Gasteiger partial charge in [0.25, 0.3) is 5.91 Å². The van der Waals surface area contributed by atoms with Crippen molar-refractivity contribution in [2.45, 2.75) is 12.8 Å². The molecule has 4 aromatic rings. The van der Waals surface area contributed by atoms with Crippen molar-refractivity contribution >= 4 is 41.9 Å². The van der Waals surface area contributed by atoms with Crippen LogP contribution in [0.3, 0.4) is 0 Å². The molecule has 0 aliphatic carbocycles. The van der Waals surface area contributed by atoms with E-state index in [1.807, 2.05) is 36.5 Å². The van der Waals surface area contributed by atoms with E-state index >= 15 is 0 Å². The van der Waals surface area contributed by atoms with Crippen LogP contribution in [0, 0.1) is 5.92 Å². The lowest BCUT2D eigenvalue weighted by atomic mass is 9.96. The van der Waals surface area contributed by atoms with Gasteiger partial charge < -0.3 is 20.6 Å². The average Bonchev–Trinajstić information content (AvgIpc) is 2.90. The Labute approximate surface area is 222 Å². The third-order valence-corrected chi connectivity index (χ3v) is 6.64. The van der Waals surface area contributed by atoms with E-state index in [9.17, 15) is 9.90 Å². The van der Waals surface area contributed by atoms with Crippen molar-refractivity contribution in [3.8, 4) is 11.3 Å². The number of para-hydroxylation sites is 1. The molecular formula is C27H31N7O2S. The van der Waals surface area contributed by atoms with Gasteiger partial charge in [-0.15, -0.1) is 0 Å². The first-order valence-electron chi connectivity index (χ1n) is 12.0. The largest absolute Gasteiger partial charge is 0.396 e. The number of nitrogens with one attached hydrogen (secondary N) is 2. The Morgan fingerprint density at radius 1 is 1.14 bits per heavy atom. The number of nitrogens with zero attached hydrogens (tertiary/aromatic N) is 5. The lowest BCUT2D eigenvalue weighted by Crippen LogP contribution is -2.48. The highest BCUT2D eigenvalue weighted by Crippen LogP contribution is 2.28. The van der Waals surface area contributed by atoms with Gasteiger partial charge in [0.2, 0.25) is 0 Å². The van der Waals surface area contributed by atoms with Crippen LogP contribution in [0.4, 0.5) is 11.6 Å². The molecule has 3 aromatic heterocycles. The summed E-state index contributed by atoms with van der Waals surface area (Å²) in [4.78, 5) is 32.4. The highest BCUT2D eigenvalue weighted by molar-refractivity contribution is 7.59. The minimum absolute atomic E-state index is 0. The monoisotopic (exact) mass is 517 g/mol. The summed E-state index contributed by atoms with van der Waals surface area (Å²) in [5, 5.41) is 16.2. The van der Waals surface area contributed by atoms with Crippen molar-refractivity contribution in [1.82, 2.24) is 25.3 Å². The molecule has 192 valence electrons. The van der Waals surface area contributed by atoms with Gasteiger partial charge in [-0.2, -0.15) is 13.5 Å². The number of amides is 1. The number of fused-ring (bicyclic) bond motifs is 1. The molecule has 0 bridgehead atoms. The van der Waals surface area contributed by atoms with Crippen LogP contribution in [0.5, 0.6) is 0 Å². The highest BCUT2D eigenvalue weighted by Gasteiger charge is 2.26. The smallest absolute Gasteiger partial charge is 0.251 e. The molecule has 1 aromatic carbocycles. The van der Waals surface area contributed by atoms with Crippen LogP contribution in [-0.4, -0.2) is 64.2 Å². The predicted molar refractivity (Wildman–Crippen MR) is 150 cm³/mol. The number of pyridine rings is 2. The minimum atomic E-state index is -0.124. The fourth-order valence-electron chi connectivity index (χ4n) is 4.51. The Morgan fingerprint density at radius 3 is 2.70 bits per heavy atom.